The fourth-order valence-corrected chi connectivity index (χ4v) is 2.76. The van der Waals surface area contributed by atoms with Crippen molar-refractivity contribution in [1.82, 2.24) is 15.2 Å². The monoisotopic (exact) mass is 383 g/mol. The summed E-state index contributed by atoms with van der Waals surface area (Å²) in [6.07, 6.45) is 3.56. The summed E-state index contributed by atoms with van der Waals surface area (Å²) in [5.41, 5.74) is 0.416. The lowest BCUT2D eigenvalue weighted by molar-refractivity contribution is 0.0697. The van der Waals surface area contributed by atoms with Crippen LogP contribution in [0.15, 0.2) is 48.7 Å². The number of nitrogens with zero attached hydrogens (tertiary/aromatic N) is 2. The summed E-state index contributed by atoms with van der Waals surface area (Å²) < 4.78 is 5.77. The second-order valence-corrected chi connectivity index (χ2v) is 5.69. The van der Waals surface area contributed by atoms with E-state index in [0.29, 0.717) is 11.4 Å². The lowest BCUT2D eigenvalue weighted by Crippen LogP contribution is -2.44. The Balaban J connectivity index is 0.00000156. The molecule has 0 aliphatic carbocycles. The highest BCUT2D eigenvalue weighted by Crippen LogP contribution is 2.22. The average Bonchev–Trinajstić information content (AvgIpc) is 2.62. The molecule has 1 amide bonds. The molecule has 1 aromatic carbocycles. The molecule has 25 heavy (non-hydrogen) atoms. The van der Waals surface area contributed by atoms with Crippen LogP contribution in [0.25, 0.3) is 0 Å². The van der Waals surface area contributed by atoms with E-state index in [1.54, 1.807) is 23.2 Å². The smallest absolute Gasteiger partial charge is 0.272 e. The van der Waals surface area contributed by atoms with Crippen molar-refractivity contribution in [2.75, 3.05) is 20.1 Å². The second-order valence-electron chi connectivity index (χ2n) is 5.69. The molecule has 136 valence electrons. The number of rotatable bonds is 4. The van der Waals surface area contributed by atoms with E-state index in [1.807, 2.05) is 37.4 Å². The number of halogens is 2. The van der Waals surface area contributed by atoms with Gasteiger partial charge in [0.15, 0.2) is 0 Å². The van der Waals surface area contributed by atoms with Gasteiger partial charge in [-0.15, -0.1) is 24.8 Å². The van der Waals surface area contributed by atoms with E-state index in [0.717, 1.165) is 31.7 Å². The molecule has 0 spiro atoms. The number of ether oxygens (including phenoxy) is 1. The van der Waals surface area contributed by atoms with Crippen molar-refractivity contribution in [3.63, 3.8) is 0 Å². The van der Waals surface area contributed by atoms with Gasteiger partial charge in [-0.05, 0) is 44.1 Å². The van der Waals surface area contributed by atoms with Gasteiger partial charge in [-0.3, -0.25) is 9.78 Å². The Kier molecular flexibility index (Phi) is 8.69. The van der Waals surface area contributed by atoms with Gasteiger partial charge < -0.3 is 15.0 Å². The van der Waals surface area contributed by atoms with Crippen LogP contribution in [0.4, 0.5) is 0 Å². The molecule has 0 atom stereocenters. The molecule has 0 radical (unpaired) electrons. The molecular weight excluding hydrogens is 361 g/mol. The highest BCUT2D eigenvalue weighted by molar-refractivity contribution is 5.92. The number of aromatic nitrogens is 1. The van der Waals surface area contributed by atoms with E-state index in [9.17, 15) is 4.79 Å². The number of para-hydroxylation sites is 1. The summed E-state index contributed by atoms with van der Waals surface area (Å²) in [5.74, 6) is 1.30. The summed E-state index contributed by atoms with van der Waals surface area (Å²) in [4.78, 5) is 18.6. The van der Waals surface area contributed by atoms with Gasteiger partial charge in [-0.2, -0.15) is 0 Å². The number of hydrogen-bond acceptors (Lipinski definition) is 4. The van der Waals surface area contributed by atoms with E-state index in [-0.39, 0.29) is 36.8 Å². The van der Waals surface area contributed by atoms with Gasteiger partial charge in [0.05, 0.1) is 0 Å². The maximum Gasteiger partial charge on any atom is 0.272 e. The number of hydrogen-bond donors (Lipinski definition) is 1. The zero-order chi connectivity index (χ0) is 16.1. The molecule has 3 rings (SSSR count). The van der Waals surface area contributed by atoms with Gasteiger partial charge in [-0.25, -0.2) is 0 Å². The topological polar surface area (TPSA) is 54.5 Å². The predicted molar refractivity (Wildman–Crippen MR) is 103 cm³/mol. The summed E-state index contributed by atoms with van der Waals surface area (Å²) >= 11 is 0. The Labute approximate surface area is 160 Å². The van der Waals surface area contributed by atoms with E-state index < -0.39 is 0 Å². The van der Waals surface area contributed by atoms with Crippen LogP contribution in [0.1, 0.15) is 23.3 Å². The first-order valence-electron chi connectivity index (χ1n) is 7.91. The second kappa shape index (κ2) is 10.2. The Hall–Kier alpha value is -1.82. The first kappa shape index (κ1) is 21.2. The minimum Gasteiger partial charge on any atom is -0.457 e. The number of carbonyl (C=O) groups is 1. The minimum absolute atomic E-state index is 0. The number of amides is 1. The third kappa shape index (κ3) is 5.59. The molecule has 1 aromatic heterocycles. The lowest BCUT2D eigenvalue weighted by atomic mass is 10.1. The first-order chi connectivity index (χ1) is 11.2. The standard InChI is InChI=1S/C18H21N3O2.2ClH/c1-21(14-7-10-19-11-8-14)18(22)17-13-16(9-12-20-17)23-15-5-3-2-4-6-15;;/h2-6,9,12-14,19H,7-8,10-11H2,1H3;2*1H. The zero-order valence-electron chi connectivity index (χ0n) is 14.1. The normalized spacial score (nSPS) is 14.0. The number of benzene rings is 1. The fraction of sp³-hybridized carbons (Fsp3) is 0.333. The van der Waals surface area contributed by atoms with Crippen LogP contribution in [-0.4, -0.2) is 42.0 Å². The molecular formula is C18H23Cl2N3O2. The molecule has 5 nitrogen and oxygen atoms in total. The van der Waals surface area contributed by atoms with Crippen LogP contribution in [-0.2, 0) is 0 Å². The van der Waals surface area contributed by atoms with Gasteiger partial charge in [0.2, 0.25) is 0 Å². The van der Waals surface area contributed by atoms with Crippen molar-refractivity contribution < 1.29 is 9.53 Å². The highest BCUT2D eigenvalue weighted by Gasteiger charge is 2.23. The number of nitrogens with one attached hydrogen (secondary N) is 1. The molecule has 1 fully saturated rings. The summed E-state index contributed by atoms with van der Waals surface area (Å²) in [6, 6.07) is 13.2. The zero-order valence-corrected chi connectivity index (χ0v) is 15.7. The molecule has 7 heteroatoms. The third-order valence-corrected chi connectivity index (χ3v) is 4.11. The minimum atomic E-state index is -0.0598. The van der Waals surface area contributed by atoms with Gasteiger partial charge in [-0.1, -0.05) is 18.2 Å². The number of carbonyl (C=O) groups excluding carboxylic acids is 1. The van der Waals surface area contributed by atoms with E-state index in [4.69, 9.17) is 4.74 Å². The average molecular weight is 384 g/mol. The fourth-order valence-electron chi connectivity index (χ4n) is 2.76. The molecule has 1 aliphatic heterocycles. The van der Waals surface area contributed by atoms with Gasteiger partial charge in [0, 0.05) is 25.4 Å². The lowest BCUT2D eigenvalue weighted by Gasteiger charge is -2.31. The molecule has 1 saturated heterocycles. The molecule has 0 bridgehead atoms. The van der Waals surface area contributed by atoms with Crippen molar-refractivity contribution in [1.29, 1.82) is 0 Å². The van der Waals surface area contributed by atoms with Crippen molar-refractivity contribution in [3.8, 4) is 11.5 Å². The summed E-state index contributed by atoms with van der Waals surface area (Å²) in [5, 5.41) is 3.31. The van der Waals surface area contributed by atoms with Crippen LogP contribution in [0, 0.1) is 0 Å². The Morgan fingerprint density at radius 1 is 1.12 bits per heavy atom. The van der Waals surface area contributed by atoms with Gasteiger partial charge in [0.1, 0.15) is 17.2 Å². The van der Waals surface area contributed by atoms with Crippen molar-refractivity contribution in [2.45, 2.75) is 18.9 Å². The molecule has 2 aromatic rings. The van der Waals surface area contributed by atoms with Gasteiger partial charge >= 0.3 is 0 Å². The Bertz CT molecular complexity index is 664. The Morgan fingerprint density at radius 2 is 1.80 bits per heavy atom. The van der Waals surface area contributed by atoms with E-state index in [1.165, 1.54) is 0 Å². The summed E-state index contributed by atoms with van der Waals surface area (Å²) in [7, 11) is 1.85. The number of pyridine rings is 1. The van der Waals surface area contributed by atoms with Crippen molar-refractivity contribution >= 4 is 30.7 Å². The van der Waals surface area contributed by atoms with Crippen LogP contribution < -0.4 is 10.1 Å². The van der Waals surface area contributed by atoms with Crippen molar-refractivity contribution in [2.24, 2.45) is 0 Å². The van der Waals surface area contributed by atoms with Crippen LogP contribution in [0.5, 0.6) is 11.5 Å². The van der Waals surface area contributed by atoms with Crippen molar-refractivity contribution in [3.05, 3.63) is 54.4 Å². The molecule has 2 heterocycles. The number of piperidine rings is 1. The Morgan fingerprint density at radius 3 is 2.48 bits per heavy atom. The molecule has 1 aliphatic rings. The SMILES string of the molecule is CN(C(=O)c1cc(Oc2ccccc2)ccn1)C1CCNCC1.Cl.Cl. The molecule has 0 unspecified atom stereocenters. The maximum atomic E-state index is 12.6. The highest BCUT2D eigenvalue weighted by atomic mass is 35.5. The maximum absolute atomic E-state index is 12.6. The largest absolute Gasteiger partial charge is 0.457 e. The van der Waals surface area contributed by atoms with Crippen LogP contribution in [0.2, 0.25) is 0 Å². The van der Waals surface area contributed by atoms with E-state index >= 15 is 0 Å². The third-order valence-electron chi connectivity index (χ3n) is 4.11. The summed E-state index contributed by atoms with van der Waals surface area (Å²) in [6.45, 7) is 1.90. The quantitative estimate of drug-likeness (QED) is 0.876. The van der Waals surface area contributed by atoms with E-state index in [2.05, 4.69) is 10.3 Å². The van der Waals surface area contributed by atoms with Crippen LogP contribution >= 0.6 is 24.8 Å². The first-order valence-corrected chi connectivity index (χ1v) is 7.91. The molecule has 0 saturated carbocycles. The molecule has 1 N–H and O–H groups in total. The predicted octanol–water partition coefficient (Wildman–Crippen LogP) is 3.54. The van der Waals surface area contributed by atoms with Crippen LogP contribution in [0.3, 0.4) is 0 Å². The van der Waals surface area contributed by atoms with Gasteiger partial charge in [0.25, 0.3) is 5.91 Å².